The summed E-state index contributed by atoms with van der Waals surface area (Å²) in [4.78, 5) is 24.9. The molecule has 1 aliphatic heterocycles. The summed E-state index contributed by atoms with van der Waals surface area (Å²) >= 11 is 0. The molecule has 1 fully saturated rings. The van der Waals surface area contributed by atoms with Crippen LogP contribution in [0.2, 0.25) is 0 Å². The molecule has 3 rings (SSSR count). The molecule has 0 aromatic carbocycles. The van der Waals surface area contributed by atoms with E-state index in [9.17, 15) is 4.79 Å². The number of hydrazine groups is 1. The van der Waals surface area contributed by atoms with Crippen LogP contribution in [0.3, 0.4) is 0 Å². The number of carbonyl (C=O) groups is 1. The number of imidazole rings is 1. The number of rotatable bonds is 2. The maximum absolute atomic E-state index is 11.4. The highest BCUT2D eigenvalue weighted by Gasteiger charge is 2.29. The van der Waals surface area contributed by atoms with E-state index >= 15 is 0 Å². The van der Waals surface area contributed by atoms with Gasteiger partial charge in [-0.25, -0.2) is 15.0 Å². The van der Waals surface area contributed by atoms with Crippen LogP contribution in [0.15, 0.2) is 12.5 Å². The maximum atomic E-state index is 11.4. The smallest absolute Gasteiger partial charge is 0.231 e. The second-order valence-corrected chi connectivity index (χ2v) is 6.79. The van der Waals surface area contributed by atoms with Crippen molar-refractivity contribution in [3.05, 3.63) is 18.3 Å². The van der Waals surface area contributed by atoms with E-state index in [1.807, 2.05) is 9.58 Å². The van der Waals surface area contributed by atoms with Crippen molar-refractivity contribution in [2.75, 3.05) is 6.54 Å². The summed E-state index contributed by atoms with van der Waals surface area (Å²) < 4.78 is 2.04. The van der Waals surface area contributed by atoms with Crippen LogP contribution in [0.4, 0.5) is 0 Å². The molecule has 1 atom stereocenters. The van der Waals surface area contributed by atoms with Crippen LogP contribution < -0.4 is 5.43 Å². The molecule has 7 heteroatoms. The lowest BCUT2D eigenvalue weighted by atomic mass is 9.96. The predicted molar refractivity (Wildman–Crippen MR) is 82.8 cm³/mol. The van der Waals surface area contributed by atoms with Crippen LogP contribution in [0.5, 0.6) is 0 Å². The molecule has 1 amide bonds. The van der Waals surface area contributed by atoms with Crippen LogP contribution in [0.25, 0.3) is 11.2 Å². The number of nitrogens with one attached hydrogen (secondary N) is 1. The first-order chi connectivity index (χ1) is 10.4. The average molecular weight is 302 g/mol. The summed E-state index contributed by atoms with van der Waals surface area (Å²) in [6.45, 7) is 8.64. The first-order valence-corrected chi connectivity index (χ1v) is 7.60. The zero-order chi connectivity index (χ0) is 15.9. The molecule has 0 radical (unpaired) electrons. The van der Waals surface area contributed by atoms with Crippen molar-refractivity contribution in [3.8, 4) is 0 Å². The number of nitrogens with zero attached hydrogens (tertiary/aromatic N) is 5. The summed E-state index contributed by atoms with van der Waals surface area (Å²) in [6, 6.07) is 0. The van der Waals surface area contributed by atoms with Gasteiger partial charge in [-0.15, -0.1) is 0 Å². The molecular formula is C15H22N6O. The second-order valence-electron chi connectivity index (χ2n) is 6.79. The Morgan fingerprint density at radius 3 is 2.82 bits per heavy atom. The van der Waals surface area contributed by atoms with Gasteiger partial charge in [0.15, 0.2) is 5.65 Å². The summed E-state index contributed by atoms with van der Waals surface area (Å²) in [6.07, 6.45) is 5.60. The van der Waals surface area contributed by atoms with E-state index in [-0.39, 0.29) is 17.5 Å². The summed E-state index contributed by atoms with van der Waals surface area (Å²) in [5, 5.41) is 1.96. The van der Waals surface area contributed by atoms with Crippen LogP contribution in [0.1, 0.15) is 52.5 Å². The van der Waals surface area contributed by atoms with Gasteiger partial charge in [0.2, 0.25) is 5.91 Å². The van der Waals surface area contributed by atoms with E-state index in [4.69, 9.17) is 4.98 Å². The van der Waals surface area contributed by atoms with Crippen molar-refractivity contribution < 1.29 is 4.79 Å². The molecule has 22 heavy (non-hydrogen) atoms. The Morgan fingerprint density at radius 2 is 2.14 bits per heavy atom. The zero-order valence-corrected chi connectivity index (χ0v) is 13.5. The lowest BCUT2D eigenvalue weighted by molar-refractivity contribution is -0.124. The summed E-state index contributed by atoms with van der Waals surface area (Å²) in [5.74, 6) is 0.743. The fourth-order valence-electron chi connectivity index (χ4n) is 2.78. The molecular weight excluding hydrogens is 280 g/mol. The van der Waals surface area contributed by atoms with E-state index < -0.39 is 0 Å². The third kappa shape index (κ3) is 2.68. The highest BCUT2D eigenvalue weighted by atomic mass is 16.2. The topological polar surface area (TPSA) is 75.9 Å². The van der Waals surface area contributed by atoms with Crippen molar-refractivity contribution in [1.29, 1.82) is 0 Å². The first-order valence-electron chi connectivity index (χ1n) is 7.60. The van der Waals surface area contributed by atoms with Crippen molar-refractivity contribution in [2.24, 2.45) is 0 Å². The number of carbonyl (C=O) groups excluding carboxylic acids is 1. The molecule has 0 bridgehead atoms. The fourth-order valence-corrected chi connectivity index (χ4v) is 2.78. The van der Waals surface area contributed by atoms with Gasteiger partial charge in [-0.2, -0.15) is 5.01 Å². The first kappa shape index (κ1) is 14.9. The Hall–Kier alpha value is -2.02. The number of aromatic nitrogens is 4. The minimum absolute atomic E-state index is 0.0524. The molecule has 0 unspecified atom stereocenters. The van der Waals surface area contributed by atoms with E-state index in [1.54, 1.807) is 12.5 Å². The van der Waals surface area contributed by atoms with Gasteiger partial charge in [0.1, 0.15) is 17.5 Å². The number of fused-ring (bicyclic) bond motifs is 1. The van der Waals surface area contributed by atoms with Crippen LogP contribution >= 0.6 is 0 Å². The van der Waals surface area contributed by atoms with E-state index in [0.717, 1.165) is 36.4 Å². The van der Waals surface area contributed by atoms with Gasteiger partial charge >= 0.3 is 0 Å². The Kier molecular flexibility index (Phi) is 3.60. The molecule has 7 nitrogen and oxygen atoms in total. The SMILES string of the molecule is CC(=O)NN1CCC[C@H]1n1cnc2cnc(C(C)(C)C)nc21. The monoisotopic (exact) mass is 302 g/mol. The molecule has 2 aromatic rings. The van der Waals surface area contributed by atoms with Gasteiger partial charge in [-0.1, -0.05) is 20.8 Å². The minimum Gasteiger partial charge on any atom is -0.297 e. The van der Waals surface area contributed by atoms with Crippen molar-refractivity contribution in [2.45, 2.75) is 52.1 Å². The zero-order valence-electron chi connectivity index (χ0n) is 13.5. The van der Waals surface area contributed by atoms with Gasteiger partial charge in [-0.3, -0.25) is 14.8 Å². The van der Waals surface area contributed by atoms with E-state index in [1.165, 1.54) is 6.92 Å². The second kappa shape index (κ2) is 5.31. The van der Waals surface area contributed by atoms with Gasteiger partial charge in [-0.05, 0) is 12.8 Å². The van der Waals surface area contributed by atoms with E-state index in [2.05, 4.69) is 36.2 Å². The molecule has 0 spiro atoms. The third-order valence-corrected chi connectivity index (χ3v) is 3.83. The van der Waals surface area contributed by atoms with Crippen LogP contribution in [-0.4, -0.2) is 37.0 Å². The van der Waals surface area contributed by atoms with Gasteiger partial charge < -0.3 is 0 Å². The highest BCUT2D eigenvalue weighted by molar-refractivity contribution is 5.72. The molecule has 2 aromatic heterocycles. The molecule has 1 aliphatic rings. The summed E-state index contributed by atoms with van der Waals surface area (Å²) in [7, 11) is 0. The van der Waals surface area contributed by atoms with Crippen molar-refractivity contribution >= 4 is 17.1 Å². The lowest BCUT2D eigenvalue weighted by Gasteiger charge is -2.25. The highest BCUT2D eigenvalue weighted by Crippen LogP contribution is 2.28. The number of amides is 1. The fraction of sp³-hybridized carbons (Fsp3) is 0.600. The number of hydrogen-bond donors (Lipinski definition) is 1. The molecule has 3 heterocycles. The Morgan fingerprint density at radius 1 is 1.36 bits per heavy atom. The standard InChI is InChI=1S/C15H22N6O/c1-10(22)19-21-7-5-6-12(21)20-9-17-11-8-16-14(15(2,3)4)18-13(11)20/h8-9,12H,5-7H2,1-4H3,(H,19,22)/t12-/m0/s1. The molecule has 1 saturated heterocycles. The minimum atomic E-state index is -0.115. The van der Waals surface area contributed by atoms with E-state index in [0.29, 0.717) is 0 Å². The van der Waals surface area contributed by atoms with Gasteiger partial charge in [0, 0.05) is 18.9 Å². The molecule has 0 saturated carbocycles. The largest absolute Gasteiger partial charge is 0.297 e. The Bertz CT molecular complexity index is 702. The maximum Gasteiger partial charge on any atom is 0.231 e. The Labute approximate surface area is 129 Å². The van der Waals surface area contributed by atoms with Gasteiger partial charge in [0.25, 0.3) is 0 Å². The molecule has 118 valence electrons. The van der Waals surface area contributed by atoms with Crippen molar-refractivity contribution in [3.63, 3.8) is 0 Å². The predicted octanol–water partition coefficient (Wildman–Crippen LogP) is 1.77. The normalized spacial score (nSPS) is 19.7. The van der Waals surface area contributed by atoms with Crippen LogP contribution in [-0.2, 0) is 10.2 Å². The van der Waals surface area contributed by atoms with Gasteiger partial charge in [0.05, 0.1) is 12.5 Å². The summed E-state index contributed by atoms with van der Waals surface area (Å²) in [5.41, 5.74) is 4.38. The quantitative estimate of drug-likeness (QED) is 0.915. The third-order valence-electron chi connectivity index (χ3n) is 3.83. The number of hydrogen-bond acceptors (Lipinski definition) is 5. The van der Waals surface area contributed by atoms with Crippen LogP contribution in [0, 0.1) is 0 Å². The molecule has 0 aliphatic carbocycles. The molecule has 1 N–H and O–H groups in total. The average Bonchev–Trinajstić information content (AvgIpc) is 3.02. The van der Waals surface area contributed by atoms with Crippen molar-refractivity contribution in [1.82, 2.24) is 30.0 Å². The lowest BCUT2D eigenvalue weighted by Crippen LogP contribution is -2.42. The Balaban J connectivity index is 2.01.